The van der Waals surface area contributed by atoms with E-state index in [9.17, 15) is 0 Å². The van der Waals surface area contributed by atoms with Gasteiger partial charge in [0.05, 0.1) is 7.11 Å². The van der Waals surface area contributed by atoms with Gasteiger partial charge in [0.25, 0.3) is 0 Å². The molecule has 1 aliphatic heterocycles. The number of thioether (sulfide) groups is 1. The lowest BCUT2D eigenvalue weighted by molar-refractivity contribution is 0.249. The van der Waals surface area contributed by atoms with Gasteiger partial charge in [0, 0.05) is 32.7 Å². The predicted molar refractivity (Wildman–Crippen MR) is 94.3 cm³/mol. The highest BCUT2D eigenvalue weighted by Crippen LogP contribution is 2.18. The van der Waals surface area contributed by atoms with Gasteiger partial charge in [0.2, 0.25) is 0 Å². The second kappa shape index (κ2) is 7.66. The Labute approximate surface area is 141 Å². The van der Waals surface area contributed by atoms with Gasteiger partial charge in [-0.05, 0) is 36.1 Å². The summed E-state index contributed by atoms with van der Waals surface area (Å²) < 4.78 is 5.20. The molecule has 6 heteroatoms. The summed E-state index contributed by atoms with van der Waals surface area (Å²) in [6, 6.07) is 12.4. The van der Waals surface area contributed by atoms with E-state index in [0.717, 1.165) is 49.3 Å². The van der Waals surface area contributed by atoms with Crippen LogP contribution in [0, 0.1) is 0 Å². The minimum Gasteiger partial charge on any atom is -0.497 e. The first-order valence-electron chi connectivity index (χ1n) is 7.76. The summed E-state index contributed by atoms with van der Waals surface area (Å²) in [6.45, 7) is 5.04. The van der Waals surface area contributed by atoms with Crippen molar-refractivity contribution in [2.45, 2.75) is 11.6 Å². The number of benzene rings is 1. The Kier molecular flexibility index (Phi) is 5.35. The minimum absolute atomic E-state index is 0.908. The van der Waals surface area contributed by atoms with E-state index in [1.54, 1.807) is 18.9 Å². The van der Waals surface area contributed by atoms with E-state index in [0.29, 0.717) is 0 Å². The van der Waals surface area contributed by atoms with Crippen LogP contribution in [-0.4, -0.2) is 54.6 Å². The van der Waals surface area contributed by atoms with Crippen LogP contribution in [0.25, 0.3) is 0 Å². The zero-order valence-electron chi connectivity index (χ0n) is 13.6. The third kappa shape index (κ3) is 4.14. The summed E-state index contributed by atoms with van der Waals surface area (Å²) in [7, 11) is 1.70. The number of hydrogen-bond donors (Lipinski definition) is 0. The van der Waals surface area contributed by atoms with Gasteiger partial charge in [0.1, 0.15) is 10.8 Å². The Bertz CT molecular complexity index is 609. The summed E-state index contributed by atoms with van der Waals surface area (Å²) >= 11 is 1.62. The Balaban J connectivity index is 1.53. The Morgan fingerprint density at radius 3 is 2.30 bits per heavy atom. The maximum Gasteiger partial charge on any atom is 0.151 e. The predicted octanol–water partition coefficient (Wildman–Crippen LogP) is 2.53. The normalized spacial score (nSPS) is 15.7. The Morgan fingerprint density at radius 1 is 1.00 bits per heavy atom. The number of hydrogen-bond acceptors (Lipinski definition) is 6. The summed E-state index contributed by atoms with van der Waals surface area (Å²) in [5, 5.41) is 9.51. The Hall–Kier alpha value is -1.79. The smallest absolute Gasteiger partial charge is 0.151 e. The molecule has 1 aliphatic rings. The molecule has 23 heavy (non-hydrogen) atoms. The lowest BCUT2D eigenvalue weighted by Gasteiger charge is -2.35. The van der Waals surface area contributed by atoms with E-state index < -0.39 is 0 Å². The van der Waals surface area contributed by atoms with Gasteiger partial charge in [-0.2, -0.15) is 0 Å². The van der Waals surface area contributed by atoms with E-state index >= 15 is 0 Å². The number of methoxy groups -OCH3 is 1. The quantitative estimate of drug-likeness (QED) is 0.785. The summed E-state index contributed by atoms with van der Waals surface area (Å²) in [5.74, 6) is 1.89. The first kappa shape index (κ1) is 16.1. The van der Waals surface area contributed by atoms with Crippen molar-refractivity contribution in [2.24, 2.45) is 0 Å². The molecule has 0 unspecified atom stereocenters. The average molecular weight is 330 g/mol. The molecule has 5 nitrogen and oxygen atoms in total. The molecular weight excluding hydrogens is 308 g/mol. The van der Waals surface area contributed by atoms with Gasteiger partial charge in [0.15, 0.2) is 5.82 Å². The third-order valence-electron chi connectivity index (χ3n) is 4.10. The van der Waals surface area contributed by atoms with Crippen molar-refractivity contribution in [1.29, 1.82) is 0 Å². The van der Waals surface area contributed by atoms with Crippen LogP contribution < -0.4 is 9.64 Å². The molecule has 0 atom stereocenters. The fraction of sp³-hybridized carbons (Fsp3) is 0.412. The van der Waals surface area contributed by atoms with Crippen LogP contribution in [0.4, 0.5) is 5.82 Å². The van der Waals surface area contributed by atoms with E-state index in [-0.39, 0.29) is 0 Å². The molecule has 1 aromatic carbocycles. The molecule has 0 N–H and O–H groups in total. The highest BCUT2D eigenvalue weighted by molar-refractivity contribution is 7.98. The van der Waals surface area contributed by atoms with Gasteiger partial charge in [-0.25, -0.2) is 0 Å². The molecule has 0 aliphatic carbocycles. The summed E-state index contributed by atoms with van der Waals surface area (Å²) in [5.41, 5.74) is 1.32. The second-order valence-corrected chi connectivity index (χ2v) is 6.37. The molecule has 2 heterocycles. The second-order valence-electron chi connectivity index (χ2n) is 5.55. The number of rotatable bonds is 5. The van der Waals surface area contributed by atoms with Crippen molar-refractivity contribution in [3.8, 4) is 5.75 Å². The molecule has 0 bridgehead atoms. The molecule has 0 radical (unpaired) electrons. The standard InChI is InChI=1S/C17H22N4OS/c1-22-15-5-3-14(4-6-15)13-20-9-11-21(12-10-20)16-7-8-17(23-2)19-18-16/h3-8H,9-13H2,1-2H3. The van der Waals surface area contributed by atoms with Gasteiger partial charge >= 0.3 is 0 Å². The van der Waals surface area contributed by atoms with Crippen LogP contribution in [0.2, 0.25) is 0 Å². The lowest BCUT2D eigenvalue weighted by Crippen LogP contribution is -2.46. The SMILES string of the molecule is COc1ccc(CN2CCN(c3ccc(SC)nn3)CC2)cc1. The van der Waals surface area contributed by atoms with E-state index in [4.69, 9.17) is 4.74 Å². The van der Waals surface area contributed by atoms with Gasteiger partial charge < -0.3 is 9.64 Å². The van der Waals surface area contributed by atoms with Crippen molar-refractivity contribution in [3.63, 3.8) is 0 Å². The highest BCUT2D eigenvalue weighted by atomic mass is 32.2. The zero-order chi connectivity index (χ0) is 16.1. The van der Waals surface area contributed by atoms with Crippen molar-refractivity contribution in [3.05, 3.63) is 42.0 Å². The number of aromatic nitrogens is 2. The molecule has 0 saturated carbocycles. The van der Waals surface area contributed by atoms with E-state index in [2.05, 4.69) is 38.2 Å². The zero-order valence-corrected chi connectivity index (χ0v) is 14.4. The largest absolute Gasteiger partial charge is 0.497 e. The summed E-state index contributed by atoms with van der Waals surface area (Å²) in [4.78, 5) is 4.78. The molecule has 122 valence electrons. The minimum atomic E-state index is 0.908. The van der Waals surface area contributed by atoms with E-state index in [1.807, 2.05) is 24.5 Å². The number of anilines is 1. The highest BCUT2D eigenvalue weighted by Gasteiger charge is 2.18. The van der Waals surface area contributed by atoms with Gasteiger partial charge in [-0.1, -0.05) is 12.1 Å². The Morgan fingerprint density at radius 2 is 1.74 bits per heavy atom. The number of piperazine rings is 1. The summed E-state index contributed by atoms with van der Waals surface area (Å²) in [6.07, 6.45) is 2.02. The van der Waals surface area contributed by atoms with Crippen LogP contribution in [-0.2, 0) is 6.54 Å². The van der Waals surface area contributed by atoms with Crippen molar-refractivity contribution >= 4 is 17.6 Å². The first-order chi connectivity index (χ1) is 11.3. The van der Waals surface area contributed by atoms with Crippen LogP contribution in [0.3, 0.4) is 0 Å². The molecule has 3 rings (SSSR count). The molecule has 0 spiro atoms. The molecule has 1 fully saturated rings. The lowest BCUT2D eigenvalue weighted by atomic mass is 10.2. The first-order valence-corrected chi connectivity index (χ1v) is 8.99. The molecular formula is C17H22N4OS. The van der Waals surface area contributed by atoms with Crippen LogP contribution in [0.1, 0.15) is 5.56 Å². The topological polar surface area (TPSA) is 41.5 Å². The number of ether oxygens (including phenoxy) is 1. The van der Waals surface area contributed by atoms with Crippen molar-refractivity contribution in [1.82, 2.24) is 15.1 Å². The van der Waals surface area contributed by atoms with Crippen molar-refractivity contribution in [2.75, 3.05) is 44.4 Å². The number of nitrogens with zero attached hydrogens (tertiary/aromatic N) is 4. The van der Waals surface area contributed by atoms with E-state index in [1.165, 1.54) is 5.56 Å². The van der Waals surface area contributed by atoms with Crippen LogP contribution in [0.5, 0.6) is 5.75 Å². The molecule has 2 aromatic rings. The molecule has 0 amide bonds. The van der Waals surface area contributed by atoms with Crippen LogP contribution >= 0.6 is 11.8 Å². The third-order valence-corrected chi connectivity index (χ3v) is 4.73. The monoisotopic (exact) mass is 330 g/mol. The molecule has 1 aromatic heterocycles. The molecule has 1 saturated heterocycles. The van der Waals surface area contributed by atoms with Crippen molar-refractivity contribution < 1.29 is 4.74 Å². The maximum atomic E-state index is 5.20. The fourth-order valence-corrected chi connectivity index (χ4v) is 3.04. The van der Waals surface area contributed by atoms with Gasteiger partial charge in [-0.3, -0.25) is 4.90 Å². The maximum absolute atomic E-state index is 5.20. The fourth-order valence-electron chi connectivity index (χ4n) is 2.71. The van der Waals surface area contributed by atoms with Crippen LogP contribution in [0.15, 0.2) is 41.4 Å². The average Bonchev–Trinajstić information content (AvgIpc) is 2.63. The van der Waals surface area contributed by atoms with Gasteiger partial charge in [-0.15, -0.1) is 22.0 Å².